The second-order valence-corrected chi connectivity index (χ2v) is 6.68. The number of nitrogens with one attached hydrogen (secondary N) is 1. The fraction of sp³-hybridized carbons (Fsp3) is 0.0625. The van der Waals surface area contributed by atoms with Gasteiger partial charge in [-0.15, -0.1) is 10.6 Å². The molecule has 0 saturated heterocycles. The minimum atomic E-state index is -2.89. The van der Waals surface area contributed by atoms with Gasteiger partial charge in [-0.05, 0) is 23.8 Å². The molecule has 0 spiro atoms. The van der Waals surface area contributed by atoms with Gasteiger partial charge in [-0.3, -0.25) is 13.9 Å². The summed E-state index contributed by atoms with van der Waals surface area (Å²) in [6.45, 7) is 0.434. The lowest BCUT2D eigenvalue weighted by Gasteiger charge is -2.25. The summed E-state index contributed by atoms with van der Waals surface area (Å²) in [4.78, 5) is 12.7. The lowest BCUT2D eigenvalue weighted by Crippen LogP contribution is -2.23. The van der Waals surface area contributed by atoms with E-state index >= 15 is 0 Å². The van der Waals surface area contributed by atoms with E-state index in [0.29, 0.717) is 22.6 Å². The van der Waals surface area contributed by atoms with Crippen LogP contribution in [-0.4, -0.2) is 15.0 Å². The summed E-state index contributed by atoms with van der Waals surface area (Å²) in [7, 11) is -2.89. The summed E-state index contributed by atoms with van der Waals surface area (Å²) < 4.78 is 19.8. The van der Waals surface area contributed by atoms with Gasteiger partial charge in [0.2, 0.25) is 0 Å². The molecule has 0 bridgehead atoms. The lowest BCUT2D eigenvalue weighted by atomic mass is 10.1. The molecule has 0 fully saturated rings. The van der Waals surface area contributed by atoms with Crippen molar-refractivity contribution in [2.45, 2.75) is 11.4 Å². The van der Waals surface area contributed by atoms with Gasteiger partial charge in [0, 0.05) is 23.1 Å². The summed E-state index contributed by atoms with van der Waals surface area (Å²) in [5.74, 6) is -0.225. The van der Waals surface area contributed by atoms with Crippen molar-refractivity contribution in [1.29, 1.82) is 0 Å². The maximum absolute atomic E-state index is 12.3. The van der Waals surface area contributed by atoms with Crippen molar-refractivity contribution < 1.29 is 13.9 Å². The number of hydrogen-bond acceptors (Lipinski definition) is 3. The minimum Gasteiger partial charge on any atom is -0.348 e. The van der Waals surface area contributed by atoms with Gasteiger partial charge in [-0.2, -0.15) is 0 Å². The van der Waals surface area contributed by atoms with Crippen LogP contribution in [0.4, 0.5) is 0 Å². The Balaban J connectivity index is 1.81. The van der Waals surface area contributed by atoms with E-state index in [1.54, 1.807) is 24.3 Å². The first kappa shape index (κ1) is 13.9. The maximum atomic E-state index is 12.3. The Bertz CT molecular complexity index is 711. The third-order valence-corrected chi connectivity index (χ3v) is 4.87. The molecule has 0 aromatic heterocycles. The first-order valence-electron chi connectivity index (χ1n) is 6.49. The number of amides is 1. The van der Waals surface area contributed by atoms with Crippen molar-refractivity contribution in [1.82, 2.24) is 5.32 Å². The zero-order chi connectivity index (χ0) is 14.9. The van der Waals surface area contributed by atoms with Gasteiger partial charge in [0.25, 0.3) is 5.91 Å². The number of fused-ring (bicyclic) bond motifs is 1. The predicted molar refractivity (Wildman–Crippen MR) is 84.2 cm³/mol. The summed E-state index contributed by atoms with van der Waals surface area (Å²) >= 11 is 0. The molecule has 0 unspecified atom stereocenters. The number of carbonyl (C=O) groups excluding carboxylic acids is 1. The molecule has 2 aromatic carbocycles. The molecule has 3 N–H and O–H groups in total. The molecule has 4 nitrogen and oxygen atoms in total. The number of benzene rings is 2. The molecule has 0 atom stereocenters. The van der Waals surface area contributed by atoms with Crippen molar-refractivity contribution in [3.05, 3.63) is 70.6 Å². The van der Waals surface area contributed by atoms with Gasteiger partial charge in [0.1, 0.15) is 0 Å². The Morgan fingerprint density at radius 3 is 2.57 bits per heavy atom. The largest absolute Gasteiger partial charge is 0.348 e. The van der Waals surface area contributed by atoms with E-state index in [9.17, 15) is 13.9 Å². The number of hydrogen-bond donors (Lipinski definition) is 3. The molecule has 1 heterocycles. The topological polar surface area (TPSA) is 69.6 Å². The van der Waals surface area contributed by atoms with Crippen LogP contribution < -0.4 is 5.32 Å². The molecule has 1 aliphatic heterocycles. The third-order valence-electron chi connectivity index (χ3n) is 3.35. The minimum absolute atomic E-state index is 0.225. The molecular formula is C16H15NO3S. The molecule has 2 aromatic rings. The average Bonchev–Trinajstić information content (AvgIpc) is 2.82. The first-order chi connectivity index (χ1) is 10.1. The highest BCUT2D eigenvalue weighted by atomic mass is 32.3. The van der Waals surface area contributed by atoms with Crippen LogP contribution >= 0.6 is 10.6 Å². The van der Waals surface area contributed by atoms with Gasteiger partial charge in [-0.25, -0.2) is 0 Å². The number of rotatable bonds is 3. The zero-order valence-corrected chi connectivity index (χ0v) is 12.0. The van der Waals surface area contributed by atoms with E-state index in [0.717, 1.165) is 5.56 Å². The highest BCUT2D eigenvalue weighted by molar-refractivity contribution is 8.27. The third kappa shape index (κ3) is 2.71. The second-order valence-electron chi connectivity index (χ2n) is 4.78. The summed E-state index contributed by atoms with van der Waals surface area (Å²) in [6.07, 6.45) is 1.60. The summed E-state index contributed by atoms with van der Waals surface area (Å²) in [5, 5.41) is 4.20. The van der Waals surface area contributed by atoms with Crippen molar-refractivity contribution in [2.75, 3.05) is 0 Å². The van der Waals surface area contributed by atoms with Gasteiger partial charge in [0.15, 0.2) is 0 Å². The van der Waals surface area contributed by atoms with Crippen LogP contribution in [0.1, 0.15) is 21.5 Å². The van der Waals surface area contributed by atoms with E-state index in [1.807, 2.05) is 30.3 Å². The molecule has 3 rings (SSSR count). The van der Waals surface area contributed by atoms with Gasteiger partial charge in [-0.1, -0.05) is 36.4 Å². The smallest absolute Gasteiger partial charge is 0.252 e. The van der Waals surface area contributed by atoms with Crippen molar-refractivity contribution in [2.24, 2.45) is 0 Å². The fourth-order valence-electron chi connectivity index (χ4n) is 2.29. The molecule has 0 aliphatic carbocycles. The average molecular weight is 301 g/mol. The molecule has 108 valence electrons. The lowest BCUT2D eigenvalue weighted by molar-refractivity contribution is 0.0950. The molecule has 0 radical (unpaired) electrons. The van der Waals surface area contributed by atoms with Crippen LogP contribution in [-0.2, 0) is 6.54 Å². The quantitative estimate of drug-likeness (QED) is 0.809. The Hall–Kier alpha value is -2.08. The normalized spacial score (nSPS) is 16.3. The van der Waals surface area contributed by atoms with Gasteiger partial charge >= 0.3 is 0 Å². The van der Waals surface area contributed by atoms with Gasteiger partial charge in [0.05, 0.1) is 4.90 Å². The molecule has 0 saturated carbocycles. The highest BCUT2D eigenvalue weighted by Crippen LogP contribution is 2.56. The highest BCUT2D eigenvalue weighted by Gasteiger charge is 2.25. The fourth-order valence-corrected chi connectivity index (χ4v) is 3.54. The molecule has 1 aliphatic rings. The molecular weight excluding hydrogens is 286 g/mol. The van der Waals surface area contributed by atoms with Crippen molar-refractivity contribution >= 4 is 22.6 Å². The van der Waals surface area contributed by atoms with Crippen molar-refractivity contribution in [3.63, 3.8) is 0 Å². The van der Waals surface area contributed by atoms with Crippen LogP contribution in [0.25, 0.3) is 6.08 Å². The predicted octanol–water partition coefficient (Wildman–Crippen LogP) is 3.71. The number of carbonyl (C=O) groups is 1. The Labute approximate surface area is 124 Å². The standard InChI is InChI=1S/C16H15NO3S/c18-16(17-11-12-5-2-1-3-6-12)14-7-4-8-15-13(14)9-10-21(15,19)20/h1-10,19-20H,11H2,(H,17,18). The van der Waals surface area contributed by atoms with E-state index in [-0.39, 0.29) is 5.91 Å². The second kappa shape index (κ2) is 5.37. The molecule has 21 heavy (non-hydrogen) atoms. The molecule has 5 heteroatoms. The Morgan fingerprint density at radius 2 is 1.81 bits per heavy atom. The zero-order valence-electron chi connectivity index (χ0n) is 11.2. The van der Waals surface area contributed by atoms with Crippen LogP contribution in [0.3, 0.4) is 0 Å². The van der Waals surface area contributed by atoms with Crippen LogP contribution in [0, 0.1) is 0 Å². The van der Waals surface area contributed by atoms with E-state index < -0.39 is 10.6 Å². The van der Waals surface area contributed by atoms with Crippen molar-refractivity contribution in [3.8, 4) is 0 Å². The Morgan fingerprint density at radius 1 is 1.05 bits per heavy atom. The first-order valence-corrected chi connectivity index (χ1v) is 8.10. The van der Waals surface area contributed by atoms with Gasteiger partial charge < -0.3 is 5.32 Å². The van der Waals surface area contributed by atoms with Crippen LogP contribution in [0.5, 0.6) is 0 Å². The van der Waals surface area contributed by atoms with Crippen LogP contribution in [0.15, 0.2) is 58.8 Å². The summed E-state index contributed by atoms with van der Waals surface area (Å²) in [6, 6.07) is 14.6. The SMILES string of the molecule is O=C(NCc1ccccc1)c1cccc2c1C=CS2(O)O. The summed E-state index contributed by atoms with van der Waals surface area (Å²) in [5.41, 5.74) is 2.05. The maximum Gasteiger partial charge on any atom is 0.252 e. The monoisotopic (exact) mass is 301 g/mol. The van der Waals surface area contributed by atoms with Crippen LogP contribution in [0.2, 0.25) is 0 Å². The van der Waals surface area contributed by atoms with E-state index in [2.05, 4.69) is 5.32 Å². The Kier molecular flexibility index (Phi) is 3.55. The van der Waals surface area contributed by atoms with E-state index in [1.165, 1.54) is 5.41 Å². The molecule has 1 amide bonds. The van der Waals surface area contributed by atoms with E-state index in [4.69, 9.17) is 0 Å².